The van der Waals surface area contributed by atoms with Crippen molar-refractivity contribution in [2.75, 3.05) is 6.54 Å². The van der Waals surface area contributed by atoms with E-state index in [1.807, 2.05) is 0 Å². The summed E-state index contributed by atoms with van der Waals surface area (Å²) in [7, 11) is 0. The minimum Gasteiger partial charge on any atom is -0.341 e. The summed E-state index contributed by atoms with van der Waals surface area (Å²) in [5.41, 5.74) is -0.352. The van der Waals surface area contributed by atoms with E-state index in [0.717, 1.165) is 0 Å². The van der Waals surface area contributed by atoms with Crippen LogP contribution in [0.1, 0.15) is 10.4 Å². The molecule has 0 bridgehead atoms. The molecule has 0 aromatic carbocycles. The zero-order valence-electron chi connectivity index (χ0n) is 6.83. The van der Waals surface area contributed by atoms with Crippen molar-refractivity contribution in [2.24, 2.45) is 0 Å². The van der Waals surface area contributed by atoms with Crippen LogP contribution in [0.4, 0.5) is 0 Å². The Hall–Kier alpha value is -2.02. The summed E-state index contributed by atoms with van der Waals surface area (Å²) >= 11 is 0. The van der Waals surface area contributed by atoms with Crippen LogP contribution in [-0.2, 0) is 0 Å². The SMILES string of the molecule is C#CCNC(=O)c1ccc[nH]c1=O. The molecule has 0 spiro atoms. The van der Waals surface area contributed by atoms with Gasteiger partial charge in [-0.25, -0.2) is 0 Å². The number of aromatic amines is 1. The van der Waals surface area contributed by atoms with Gasteiger partial charge in [0.05, 0.1) is 6.54 Å². The number of pyridine rings is 1. The fourth-order valence-electron chi connectivity index (χ4n) is 0.827. The molecule has 4 heteroatoms. The molecule has 0 saturated heterocycles. The van der Waals surface area contributed by atoms with Gasteiger partial charge in [-0.2, -0.15) is 0 Å². The lowest BCUT2D eigenvalue weighted by molar-refractivity contribution is 0.0957. The van der Waals surface area contributed by atoms with Gasteiger partial charge in [0.15, 0.2) is 0 Å². The first kappa shape index (κ1) is 9.07. The van der Waals surface area contributed by atoms with Crippen molar-refractivity contribution in [1.82, 2.24) is 10.3 Å². The van der Waals surface area contributed by atoms with Crippen molar-refractivity contribution in [2.45, 2.75) is 0 Å². The summed E-state index contributed by atoms with van der Waals surface area (Å²) in [6.45, 7) is 0.118. The molecule has 13 heavy (non-hydrogen) atoms. The molecule has 1 heterocycles. The number of H-pyrrole nitrogens is 1. The van der Waals surface area contributed by atoms with Crippen molar-refractivity contribution in [3.63, 3.8) is 0 Å². The summed E-state index contributed by atoms with van der Waals surface area (Å²) in [4.78, 5) is 24.6. The van der Waals surface area contributed by atoms with E-state index in [0.29, 0.717) is 0 Å². The van der Waals surface area contributed by atoms with Gasteiger partial charge in [-0.1, -0.05) is 5.92 Å². The monoisotopic (exact) mass is 176 g/mol. The van der Waals surface area contributed by atoms with Gasteiger partial charge in [-0.05, 0) is 12.1 Å². The fraction of sp³-hybridized carbons (Fsp3) is 0.111. The molecule has 1 aromatic rings. The van der Waals surface area contributed by atoms with Crippen LogP contribution < -0.4 is 10.9 Å². The van der Waals surface area contributed by atoms with E-state index in [-0.39, 0.29) is 12.1 Å². The molecule has 4 nitrogen and oxygen atoms in total. The number of rotatable bonds is 2. The van der Waals surface area contributed by atoms with E-state index in [9.17, 15) is 9.59 Å². The van der Waals surface area contributed by atoms with Gasteiger partial charge in [0.1, 0.15) is 5.56 Å². The Bertz CT molecular complexity index is 401. The molecule has 0 fully saturated rings. The van der Waals surface area contributed by atoms with Gasteiger partial charge >= 0.3 is 0 Å². The molecule has 0 aliphatic carbocycles. The highest BCUT2D eigenvalue weighted by Gasteiger charge is 2.06. The molecule has 0 radical (unpaired) electrons. The van der Waals surface area contributed by atoms with Crippen LogP contribution in [0, 0.1) is 12.3 Å². The van der Waals surface area contributed by atoms with Gasteiger partial charge in [-0.15, -0.1) is 6.42 Å². The molecule has 0 saturated carbocycles. The Balaban J connectivity index is 2.85. The second-order valence-corrected chi connectivity index (χ2v) is 2.30. The second-order valence-electron chi connectivity index (χ2n) is 2.30. The van der Waals surface area contributed by atoms with Gasteiger partial charge in [0.2, 0.25) is 0 Å². The molecular formula is C9H8N2O2. The largest absolute Gasteiger partial charge is 0.341 e. The lowest BCUT2D eigenvalue weighted by Crippen LogP contribution is -2.29. The van der Waals surface area contributed by atoms with E-state index in [4.69, 9.17) is 6.42 Å². The molecule has 0 aliphatic heterocycles. The first-order valence-electron chi connectivity index (χ1n) is 3.65. The average Bonchev–Trinajstić information content (AvgIpc) is 2.15. The first-order chi connectivity index (χ1) is 6.25. The zero-order valence-corrected chi connectivity index (χ0v) is 6.83. The summed E-state index contributed by atoms with van der Waals surface area (Å²) in [5, 5.41) is 2.39. The summed E-state index contributed by atoms with van der Waals surface area (Å²) in [6, 6.07) is 3.01. The van der Waals surface area contributed by atoms with Crippen molar-refractivity contribution in [1.29, 1.82) is 0 Å². The van der Waals surface area contributed by atoms with Crippen LogP contribution in [0.15, 0.2) is 23.1 Å². The summed E-state index contributed by atoms with van der Waals surface area (Å²) in [6.07, 6.45) is 6.40. The first-order valence-corrected chi connectivity index (χ1v) is 3.65. The molecule has 1 aromatic heterocycles. The van der Waals surface area contributed by atoms with E-state index in [1.54, 1.807) is 6.07 Å². The van der Waals surface area contributed by atoms with Gasteiger partial charge in [0.25, 0.3) is 11.5 Å². The molecule has 0 unspecified atom stereocenters. The van der Waals surface area contributed by atoms with E-state index < -0.39 is 11.5 Å². The normalized spacial score (nSPS) is 8.85. The minimum atomic E-state index is -0.459. The van der Waals surface area contributed by atoms with Crippen molar-refractivity contribution >= 4 is 5.91 Å². The maximum atomic E-state index is 11.2. The number of carbonyl (C=O) groups excluding carboxylic acids is 1. The average molecular weight is 176 g/mol. The van der Waals surface area contributed by atoms with Crippen LogP contribution >= 0.6 is 0 Å². The van der Waals surface area contributed by atoms with Crippen LogP contribution in [0.5, 0.6) is 0 Å². The Morgan fingerprint density at radius 2 is 2.46 bits per heavy atom. The number of hydrogen-bond acceptors (Lipinski definition) is 2. The number of aromatic nitrogens is 1. The zero-order chi connectivity index (χ0) is 9.68. The third kappa shape index (κ3) is 2.20. The topological polar surface area (TPSA) is 62.0 Å². The Kier molecular flexibility index (Phi) is 2.87. The molecular weight excluding hydrogens is 168 g/mol. The molecule has 66 valence electrons. The van der Waals surface area contributed by atoms with Crippen molar-refractivity contribution < 1.29 is 4.79 Å². The predicted octanol–water partition coefficient (Wildman–Crippen LogP) is -0.262. The summed E-state index contributed by atoms with van der Waals surface area (Å²) < 4.78 is 0. The third-order valence-corrected chi connectivity index (χ3v) is 1.41. The summed E-state index contributed by atoms with van der Waals surface area (Å²) in [5.74, 6) is 1.79. The smallest absolute Gasteiger partial charge is 0.260 e. The van der Waals surface area contributed by atoms with Gasteiger partial charge in [0, 0.05) is 6.20 Å². The van der Waals surface area contributed by atoms with E-state index in [2.05, 4.69) is 16.2 Å². The quantitative estimate of drug-likeness (QED) is 0.610. The maximum absolute atomic E-state index is 11.2. The number of terminal acetylenes is 1. The number of nitrogens with one attached hydrogen (secondary N) is 2. The standard InChI is InChI=1S/C9H8N2O2/c1-2-5-10-8(12)7-4-3-6-11-9(7)13/h1,3-4,6H,5H2,(H,10,12)(H,11,13). The van der Waals surface area contributed by atoms with E-state index >= 15 is 0 Å². The highest BCUT2D eigenvalue weighted by Crippen LogP contribution is 1.87. The predicted molar refractivity (Wildman–Crippen MR) is 48.2 cm³/mol. The fourth-order valence-corrected chi connectivity index (χ4v) is 0.827. The Morgan fingerprint density at radius 1 is 1.69 bits per heavy atom. The lowest BCUT2D eigenvalue weighted by atomic mass is 10.2. The molecule has 1 rings (SSSR count). The Labute approximate surface area is 75.0 Å². The molecule has 1 amide bonds. The van der Waals surface area contributed by atoms with E-state index in [1.165, 1.54) is 12.3 Å². The highest BCUT2D eigenvalue weighted by atomic mass is 16.2. The number of carbonyl (C=O) groups is 1. The van der Waals surface area contributed by atoms with Crippen LogP contribution in [-0.4, -0.2) is 17.4 Å². The Morgan fingerprint density at radius 3 is 3.08 bits per heavy atom. The van der Waals surface area contributed by atoms with Crippen LogP contribution in [0.2, 0.25) is 0 Å². The third-order valence-electron chi connectivity index (χ3n) is 1.41. The van der Waals surface area contributed by atoms with Crippen LogP contribution in [0.25, 0.3) is 0 Å². The number of hydrogen-bond donors (Lipinski definition) is 2. The minimum absolute atomic E-state index is 0.0674. The lowest BCUT2D eigenvalue weighted by Gasteiger charge is -1.98. The molecule has 0 aliphatic rings. The van der Waals surface area contributed by atoms with Gasteiger partial charge < -0.3 is 10.3 Å². The molecule has 2 N–H and O–H groups in total. The van der Waals surface area contributed by atoms with Crippen LogP contribution in [0.3, 0.4) is 0 Å². The number of amides is 1. The van der Waals surface area contributed by atoms with Crippen molar-refractivity contribution in [3.8, 4) is 12.3 Å². The van der Waals surface area contributed by atoms with Crippen molar-refractivity contribution in [3.05, 3.63) is 34.2 Å². The van der Waals surface area contributed by atoms with Gasteiger partial charge in [-0.3, -0.25) is 9.59 Å². The maximum Gasteiger partial charge on any atom is 0.260 e. The highest BCUT2D eigenvalue weighted by molar-refractivity contribution is 5.93. The second kappa shape index (κ2) is 4.12. The molecule has 0 atom stereocenters.